The maximum Gasteiger partial charge on any atom is 0.0936 e. The summed E-state index contributed by atoms with van der Waals surface area (Å²) in [5, 5.41) is 4.48. The Kier molecular flexibility index (Phi) is 2.43. The second-order valence-corrected chi connectivity index (χ2v) is 3.74. The van der Waals surface area contributed by atoms with Crippen molar-refractivity contribution >= 4 is 22.3 Å². The van der Waals surface area contributed by atoms with Crippen LogP contribution in [0.15, 0.2) is 61.1 Å². The van der Waals surface area contributed by atoms with Gasteiger partial charge in [-0.2, -0.15) is 0 Å². The molecule has 3 nitrogen and oxygen atoms in total. The van der Waals surface area contributed by atoms with Crippen LogP contribution < -0.4 is 5.32 Å². The fourth-order valence-electron chi connectivity index (χ4n) is 1.80. The zero-order valence-corrected chi connectivity index (χ0v) is 9.17. The molecule has 0 aliphatic carbocycles. The van der Waals surface area contributed by atoms with Gasteiger partial charge in [-0.25, -0.2) is 0 Å². The van der Waals surface area contributed by atoms with Gasteiger partial charge >= 0.3 is 0 Å². The number of hydrogen-bond donors (Lipinski definition) is 1. The highest BCUT2D eigenvalue weighted by molar-refractivity contribution is 5.91. The Morgan fingerprint density at radius 3 is 2.53 bits per heavy atom. The average molecular weight is 221 g/mol. The number of nitrogens with zero attached hydrogens (tertiary/aromatic N) is 2. The quantitative estimate of drug-likeness (QED) is 0.721. The van der Waals surface area contributed by atoms with Crippen LogP contribution in [0.2, 0.25) is 0 Å². The SMILES string of the molecule is c1cnc2c(Nc3ccncc3)cccc2c1. The Balaban J connectivity index is 2.06. The van der Waals surface area contributed by atoms with E-state index in [9.17, 15) is 0 Å². The van der Waals surface area contributed by atoms with E-state index in [1.165, 1.54) is 0 Å². The molecule has 0 radical (unpaired) electrons. The van der Waals surface area contributed by atoms with E-state index < -0.39 is 0 Å². The van der Waals surface area contributed by atoms with Gasteiger partial charge in [0.15, 0.2) is 0 Å². The summed E-state index contributed by atoms with van der Waals surface area (Å²) in [6, 6.07) is 14.0. The van der Waals surface area contributed by atoms with Gasteiger partial charge in [0.2, 0.25) is 0 Å². The minimum Gasteiger partial charge on any atom is -0.354 e. The van der Waals surface area contributed by atoms with Crippen LogP contribution in [0.1, 0.15) is 0 Å². The lowest BCUT2D eigenvalue weighted by atomic mass is 10.2. The molecule has 0 unspecified atom stereocenters. The number of para-hydroxylation sites is 1. The van der Waals surface area contributed by atoms with E-state index in [1.54, 1.807) is 18.6 Å². The van der Waals surface area contributed by atoms with Crippen LogP contribution in [0.5, 0.6) is 0 Å². The minimum atomic E-state index is 0.979. The molecule has 82 valence electrons. The number of benzene rings is 1. The first-order chi connectivity index (χ1) is 8.43. The maximum atomic E-state index is 4.40. The molecule has 0 atom stereocenters. The molecule has 0 saturated heterocycles. The number of hydrogen-bond acceptors (Lipinski definition) is 3. The molecule has 0 saturated carbocycles. The first-order valence-electron chi connectivity index (χ1n) is 5.44. The Bertz CT molecular complexity index is 630. The Morgan fingerprint density at radius 1 is 0.824 bits per heavy atom. The number of aromatic nitrogens is 2. The van der Waals surface area contributed by atoms with Crippen molar-refractivity contribution in [3.63, 3.8) is 0 Å². The topological polar surface area (TPSA) is 37.8 Å². The normalized spacial score (nSPS) is 10.4. The molecule has 1 aromatic carbocycles. The molecule has 0 spiro atoms. The summed E-state index contributed by atoms with van der Waals surface area (Å²) >= 11 is 0. The summed E-state index contributed by atoms with van der Waals surface area (Å²) in [6.45, 7) is 0. The van der Waals surface area contributed by atoms with Crippen LogP contribution in [-0.2, 0) is 0 Å². The molecule has 3 rings (SSSR count). The number of fused-ring (bicyclic) bond motifs is 1. The van der Waals surface area contributed by atoms with Gasteiger partial charge in [-0.1, -0.05) is 18.2 Å². The van der Waals surface area contributed by atoms with Gasteiger partial charge in [0.25, 0.3) is 0 Å². The predicted molar refractivity (Wildman–Crippen MR) is 69.3 cm³/mol. The van der Waals surface area contributed by atoms with E-state index in [0.717, 1.165) is 22.3 Å². The van der Waals surface area contributed by atoms with Crippen LogP contribution in [-0.4, -0.2) is 9.97 Å². The predicted octanol–water partition coefficient (Wildman–Crippen LogP) is 3.37. The van der Waals surface area contributed by atoms with Gasteiger partial charge in [-0.05, 0) is 24.3 Å². The van der Waals surface area contributed by atoms with Crippen molar-refractivity contribution in [1.29, 1.82) is 0 Å². The van der Waals surface area contributed by atoms with E-state index in [4.69, 9.17) is 0 Å². The van der Waals surface area contributed by atoms with E-state index in [0.29, 0.717) is 0 Å². The van der Waals surface area contributed by atoms with Gasteiger partial charge < -0.3 is 5.32 Å². The minimum absolute atomic E-state index is 0.979. The average Bonchev–Trinajstić information content (AvgIpc) is 2.40. The Labute approximate surface area is 99.2 Å². The molecule has 3 heteroatoms. The Hall–Kier alpha value is -2.42. The van der Waals surface area contributed by atoms with E-state index in [1.807, 2.05) is 30.3 Å². The molecule has 0 fully saturated rings. The van der Waals surface area contributed by atoms with E-state index in [2.05, 4.69) is 27.4 Å². The van der Waals surface area contributed by atoms with Crippen molar-refractivity contribution in [3.8, 4) is 0 Å². The van der Waals surface area contributed by atoms with Crippen molar-refractivity contribution in [3.05, 3.63) is 61.1 Å². The largest absolute Gasteiger partial charge is 0.354 e. The van der Waals surface area contributed by atoms with Gasteiger partial charge in [0, 0.05) is 29.7 Å². The van der Waals surface area contributed by atoms with Crippen LogP contribution in [0.3, 0.4) is 0 Å². The van der Waals surface area contributed by atoms with Crippen molar-refractivity contribution < 1.29 is 0 Å². The second-order valence-electron chi connectivity index (χ2n) is 3.74. The molecule has 2 aromatic heterocycles. The summed E-state index contributed by atoms with van der Waals surface area (Å²) < 4.78 is 0. The van der Waals surface area contributed by atoms with Crippen molar-refractivity contribution in [1.82, 2.24) is 9.97 Å². The van der Waals surface area contributed by atoms with Gasteiger partial charge in [0.1, 0.15) is 0 Å². The molecule has 2 heterocycles. The second kappa shape index (κ2) is 4.22. The zero-order valence-electron chi connectivity index (χ0n) is 9.17. The molecule has 0 aliphatic heterocycles. The summed E-state index contributed by atoms with van der Waals surface area (Å²) in [6.07, 6.45) is 5.34. The molecular weight excluding hydrogens is 210 g/mol. The van der Waals surface area contributed by atoms with Gasteiger partial charge in [-0.15, -0.1) is 0 Å². The smallest absolute Gasteiger partial charge is 0.0936 e. The summed E-state index contributed by atoms with van der Waals surface area (Å²) in [7, 11) is 0. The highest BCUT2D eigenvalue weighted by atomic mass is 14.9. The third-order valence-corrected chi connectivity index (χ3v) is 2.59. The number of anilines is 2. The lowest BCUT2D eigenvalue weighted by Gasteiger charge is -2.08. The molecule has 17 heavy (non-hydrogen) atoms. The van der Waals surface area contributed by atoms with Crippen molar-refractivity contribution in [2.45, 2.75) is 0 Å². The standard InChI is InChI=1S/C14H11N3/c1-3-11-4-2-8-16-14(11)13(5-1)17-12-6-9-15-10-7-12/h1-10H,(H,15,17). The molecule has 1 N–H and O–H groups in total. The number of rotatable bonds is 2. The third-order valence-electron chi connectivity index (χ3n) is 2.59. The first kappa shape index (κ1) is 9.78. The number of nitrogens with one attached hydrogen (secondary N) is 1. The molecular formula is C14H11N3. The third kappa shape index (κ3) is 1.95. The highest BCUT2D eigenvalue weighted by Gasteiger charge is 2.01. The van der Waals surface area contributed by atoms with Crippen molar-refractivity contribution in [2.75, 3.05) is 5.32 Å². The van der Waals surface area contributed by atoms with Crippen LogP contribution in [0.25, 0.3) is 10.9 Å². The molecule has 3 aromatic rings. The van der Waals surface area contributed by atoms with Gasteiger partial charge in [0.05, 0.1) is 11.2 Å². The Morgan fingerprint density at radius 2 is 1.65 bits per heavy atom. The fourth-order valence-corrected chi connectivity index (χ4v) is 1.80. The van der Waals surface area contributed by atoms with Crippen molar-refractivity contribution in [2.24, 2.45) is 0 Å². The van der Waals surface area contributed by atoms with E-state index in [-0.39, 0.29) is 0 Å². The van der Waals surface area contributed by atoms with Gasteiger partial charge in [-0.3, -0.25) is 9.97 Å². The zero-order chi connectivity index (χ0) is 11.5. The maximum absolute atomic E-state index is 4.40. The summed E-state index contributed by atoms with van der Waals surface area (Å²) in [4.78, 5) is 8.39. The van der Waals surface area contributed by atoms with Crippen LogP contribution >= 0.6 is 0 Å². The first-order valence-corrected chi connectivity index (χ1v) is 5.44. The number of pyridine rings is 2. The fraction of sp³-hybridized carbons (Fsp3) is 0. The lowest BCUT2D eigenvalue weighted by molar-refractivity contribution is 1.32. The van der Waals surface area contributed by atoms with Crippen LogP contribution in [0.4, 0.5) is 11.4 Å². The summed E-state index contributed by atoms with van der Waals surface area (Å²) in [5.41, 5.74) is 3.00. The summed E-state index contributed by atoms with van der Waals surface area (Å²) in [5.74, 6) is 0. The monoisotopic (exact) mass is 221 g/mol. The molecule has 0 bridgehead atoms. The lowest BCUT2D eigenvalue weighted by Crippen LogP contribution is -1.92. The molecule has 0 aliphatic rings. The molecule has 0 amide bonds. The highest BCUT2D eigenvalue weighted by Crippen LogP contribution is 2.23. The van der Waals surface area contributed by atoms with Crippen LogP contribution in [0, 0.1) is 0 Å². The van der Waals surface area contributed by atoms with E-state index >= 15 is 0 Å².